The second-order valence-corrected chi connectivity index (χ2v) is 4.51. The fraction of sp³-hybridized carbons (Fsp3) is 0.385. The Morgan fingerprint density at radius 3 is 2.72 bits per heavy atom. The molecule has 1 radical (unpaired) electrons. The van der Waals surface area contributed by atoms with Crippen LogP contribution in [0.25, 0.3) is 0 Å². The van der Waals surface area contributed by atoms with E-state index in [9.17, 15) is 0 Å². The van der Waals surface area contributed by atoms with Crippen LogP contribution in [0, 0.1) is 47.2 Å². The third kappa shape index (κ3) is 6.76. The van der Waals surface area contributed by atoms with Crippen molar-refractivity contribution >= 4 is 29.2 Å². The maximum absolute atomic E-state index is 5.16. The summed E-state index contributed by atoms with van der Waals surface area (Å²) in [5.41, 5.74) is 5.08. The second kappa shape index (κ2) is 9.82. The number of benzene rings is 1. The summed E-state index contributed by atoms with van der Waals surface area (Å²) >= 11 is 5.16. The molecule has 0 heterocycles. The van der Waals surface area contributed by atoms with Crippen molar-refractivity contribution in [3.63, 3.8) is 0 Å². The minimum Gasteiger partial charge on any atom is -0.331 e. The summed E-state index contributed by atoms with van der Waals surface area (Å²) in [4.78, 5) is 0. The SMILES string of the molecule is CCc1ccccc1NC(=S)N/N=C/C(C)C.[HH].[HH].[Pr]. The molecular weight excluding hydrogens is 371 g/mol. The van der Waals surface area contributed by atoms with E-state index in [1.807, 2.05) is 24.4 Å². The van der Waals surface area contributed by atoms with Crippen LogP contribution in [0.2, 0.25) is 0 Å². The molecule has 18 heavy (non-hydrogen) atoms. The number of anilines is 1. The molecule has 99 valence electrons. The zero-order valence-corrected chi connectivity index (χ0v) is 15.6. The van der Waals surface area contributed by atoms with Crippen molar-refractivity contribution < 1.29 is 44.1 Å². The van der Waals surface area contributed by atoms with Gasteiger partial charge in [-0.25, -0.2) is 0 Å². The first kappa shape index (κ1) is 17.9. The molecule has 2 N–H and O–H groups in total. The molecule has 0 aliphatic carbocycles. The van der Waals surface area contributed by atoms with E-state index in [1.54, 1.807) is 0 Å². The molecule has 0 aliphatic heterocycles. The molecule has 1 aromatic carbocycles. The van der Waals surface area contributed by atoms with Gasteiger partial charge in [0.25, 0.3) is 0 Å². The van der Waals surface area contributed by atoms with Gasteiger partial charge < -0.3 is 5.32 Å². The molecule has 1 aromatic rings. The van der Waals surface area contributed by atoms with E-state index < -0.39 is 0 Å². The zero-order chi connectivity index (χ0) is 12.7. The van der Waals surface area contributed by atoms with Gasteiger partial charge >= 0.3 is 0 Å². The van der Waals surface area contributed by atoms with Crippen LogP contribution in [0.3, 0.4) is 0 Å². The van der Waals surface area contributed by atoms with Gasteiger partial charge in [0.05, 0.1) is 0 Å². The van der Waals surface area contributed by atoms with Crippen LogP contribution in [-0.2, 0) is 6.42 Å². The van der Waals surface area contributed by atoms with E-state index in [4.69, 9.17) is 12.2 Å². The molecule has 5 heteroatoms. The maximum Gasteiger partial charge on any atom is 0.191 e. The van der Waals surface area contributed by atoms with E-state index in [1.165, 1.54) is 5.56 Å². The molecule has 3 nitrogen and oxygen atoms in total. The maximum atomic E-state index is 5.16. The van der Waals surface area contributed by atoms with Gasteiger partial charge in [0, 0.05) is 56.0 Å². The van der Waals surface area contributed by atoms with Gasteiger partial charge in [-0.1, -0.05) is 39.0 Å². The Kier molecular flexibility index (Phi) is 9.79. The Morgan fingerprint density at radius 1 is 1.44 bits per heavy atom. The molecule has 0 amide bonds. The van der Waals surface area contributed by atoms with E-state index in [0.29, 0.717) is 11.0 Å². The average Bonchev–Trinajstić information content (AvgIpc) is 2.29. The number of aryl methyl sites for hydroxylation is 1. The summed E-state index contributed by atoms with van der Waals surface area (Å²) in [6.07, 6.45) is 2.79. The van der Waals surface area contributed by atoms with Gasteiger partial charge in [0.15, 0.2) is 5.11 Å². The monoisotopic (exact) mass is 394 g/mol. The average molecular weight is 394 g/mol. The van der Waals surface area contributed by atoms with E-state index in [2.05, 4.69) is 42.7 Å². The Labute approximate surface area is 151 Å². The normalized spacial score (nSPS) is 10.2. The van der Waals surface area contributed by atoms with Crippen LogP contribution >= 0.6 is 12.2 Å². The topological polar surface area (TPSA) is 36.4 Å². The number of hydrogen-bond donors (Lipinski definition) is 2. The predicted octanol–water partition coefficient (Wildman–Crippen LogP) is 3.67. The number of nitrogens with one attached hydrogen (secondary N) is 2. The van der Waals surface area contributed by atoms with Crippen LogP contribution < -0.4 is 10.7 Å². The van der Waals surface area contributed by atoms with Gasteiger partial charge in [0.2, 0.25) is 0 Å². The van der Waals surface area contributed by atoms with Gasteiger partial charge in [-0.3, -0.25) is 5.43 Å². The van der Waals surface area contributed by atoms with Crippen molar-refractivity contribution in [1.29, 1.82) is 0 Å². The van der Waals surface area contributed by atoms with Crippen molar-refractivity contribution in [2.75, 3.05) is 5.32 Å². The third-order valence-corrected chi connectivity index (χ3v) is 2.38. The molecule has 0 saturated carbocycles. The van der Waals surface area contributed by atoms with Crippen LogP contribution in [0.15, 0.2) is 29.4 Å². The van der Waals surface area contributed by atoms with Gasteiger partial charge in [-0.05, 0) is 36.2 Å². The van der Waals surface area contributed by atoms with Crippen molar-refractivity contribution in [3.05, 3.63) is 29.8 Å². The van der Waals surface area contributed by atoms with Crippen LogP contribution in [0.1, 0.15) is 29.2 Å². The van der Waals surface area contributed by atoms with Crippen LogP contribution in [0.4, 0.5) is 5.69 Å². The number of hydrazone groups is 1. The Balaban J connectivity index is -0.000000963. The van der Waals surface area contributed by atoms with Crippen molar-refractivity contribution in [3.8, 4) is 0 Å². The zero-order valence-electron chi connectivity index (χ0n) is 11.1. The Morgan fingerprint density at radius 2 is 2.11 bits per heavy atom. The van der Waals surface area contributed by atoms with E-state index >= 15 is 0 Å². The van der Waals surface area contributed by atoms with Gasteiger partial charge in [0.1, 0.15) is 0 Å². The number of thiocarbonyl (C=S) groups is 1. The molecule has 0 fully saturated rings. The van der Waals surface area contributed by atoms with Crippen molar-refractivity contribution in [2.45, 2.75) is 27.2 Å². The van der Waals surface area contributed by atoms with Crippen molar-refractivity contribution in [2.24, 2.45) is 11.0 Å². The molecular formula is C13H23N3PrS. The minimum absolute atomic E-state index is 0. The first-order valence-electron chi connectivity index (χ1n) is 5.81. The van der Waals surface area contributed by atoms with E-state index in [-0.39, 0.29) is 44.1 Å². The predicted molar refractivity (Wildman–Crippen MR) is 82.7 cm³/mol. The molecule has 0 aliphatic rings. The van der Waals surface area contributed by atoms with Crippen LogP contribution in [0.5, 0.6) is 0 Å². The number of hydrogen-bond acceptors (Lipinski definition) is 2. The fourth-order valence-electron chi connectivity index (χ4n) is 1.35. The number of para-hydroxylation sites is 1. The Bertz CT molecular complexity index is 414. The standard InChI is InChI=1S/C13H19N3S.Pr.2H2/c1-4-11-7-5-6-8-12(11)15-13(17)16-14-9-10(2)3;;;/h5-10H,4H2,1-3H3,(H2,15,16,17);;2*1H/b14-9+;;;. The molecule has 0 aromatic heterocycles. The summed E-state index contributed by atoms with van der Waals surface area (Å²) in [5, 5.41) is 7.70. The first-order valence-corrected chi connectivity index (χ1v) is 6.22. The molecule has 0 spiro atoms. The third-order valence-electron chi connectivity index (χ3n) is 2.19. The number of nitrogens with zero attached hydrogens (tertiary/aromatic N) is 1. The summed E-state index contributed by atoms with van der Waals surface area (Å²) in [7, 11) is 0. The molecule has 0 unspecified atom stereocenters. The quantitative estimate of drug-likeness (QED) is 0.465. The Hall–Kier alpha value is -0.0564. The minimum atomic E-state index is 0. The summed E-state index contributed by atoms with van der Waals surface area (Å²) in [6, 6.07) is 8.11. The summed E-state index contributed by atoms with van der Waals surface area (Å²) in [5.74, 6) is 0.410. The van der Waals surface area contributed by atoms with Crippen molar-refractivity contribution in [1.82, 2.24) is 5.43 Å². The second-order valence-electron chi connectivity index (χ2n) is 4.10. The summed E-state index contributed by atoms with van der Waals surface area (Å²) < 4.78 is 0. The fourth-order valence-corrected chi connectivity index (χ4v) is 1.51. The largest absolute Gasteiger partial charge is 0.331 e. The molecule has 1 rings (SSSR count). The number of rotatable bonds is 4. The molecule has 0 atom stereocenters. The van der Waals surface area contributed by atoms with Crippen LogP contribution in [-0.4, -0.2) is 11.3 Å². The molecule has 0 saturated heterocycles. The smallest absolute Gasteiger partial charge is 0.191 e. The van der Waals surface area contributed by atoms with E-state index in [0.717, 1.165) is 12.1 Å². The summed E-state index contributed by atoms with van der Waals surface area (Å²) in [6.45, 7) is 6.25. The van der Waals surface area contributed by atoms with Gasteiger partial charge in [-0.15, -0.1) is 0 Å². The van der Waals surface area contributed by atoms with Gasteiger partial charge in [-0.2, -0.15) is 5.10 Å². The molecule has 0 bridgehead atoms. The first-order chi connectivity index (χ1) is 8.13.